The maximum atomic E-state index is 12.8. The van der Waals surface area contributed by atoms with E-state index in [4.69, 9.17) is 0 Å². The van der Waals surface area contributed by atoms with Gasteiger partial charge in [0.05, 0.1) is 4.90 Å². The summed E-state index contributed by atoms with van der Waals surface area (Å²) in [4.78, 5) is 2.87. The van der Waals surface area contributed by atoms with Crippen molar-refractivity contribution in [1.82, 2.24) is 4.31 Å². The first-order valence-corrected chi connectivity index (χ1v) is 10.9. The molecule has 4 nitrogen and oxygen atoms in total. The van der Waals surface area contributed by atoms with E-state index in [0.29, 0.717) is 23.4 Å². The normalized spacial score (nSPS) is 21.0. The lowest BCUT2D eigenvalue weighted by molar-refractivity contribution is 0.119. The second kappa shape index (κ2) is 7.05. The van der Waals surface area contributed by atoms with Gasteiger partial charge in [-0.25, -0.2) is 8.42 Å². The summed E-state index contributed by atoms with van der Waals surface area (Å²) in [6, 6.07) is 19.4. The van der Waals surface area contributed by atoms with E-state index < -0.39 is 10.0 Å². The Morgan fingerprint density at radius 2 is 1.19 bits per heavy atom. The smallest absolute Gasteiger partial charge is 0.243 e. The molecule has 2 heterocycles. The average Bonchev–Trinajstić information content (AvgIpc) is 2.70. The van der Waals surface area contributed by atoms with Crippen molar-refractivity contribution in [3.8, 4) is 0 Å². The van der Waals surface area contributed by atoms with Crippen LogP contribution in [0.4, 0.5) is 5.69 Å². The summed E-state index contributed by atoms with van der Waals surface area (Å²) in [5.74, 6) is 0. The number of rotatable bonds is 3. The van der Waals surface area contributed by atoms with E-state index >= 15 is 0 Å². The van der Waals surface area contributed by atoms with Crippen LogP contribution in [0, 0.1) is 5.41 Å². The molecular weight excluding hydrogens is 344 g/mol. The van der Waals surface area contributed by atoms with Crippen molar-refractivity contribution < 1.29 is 8.42 Å². The number of hydrogen-bond acceptors (Lipinski definition) is 3. The first kappa shape index (κ1) is 17.6. The highest BCUT2D eigenvalue weighted by molar-refractivity contribution is 7.89. The molecule has 4 rings (SSSR count). The Balaban J connectivity index is 1.38. The lowest BCUT2D eigenvalue weighted by Crippen LogP contribution is -2.48. The summed E-state index contributed by atoms with van der Waals surface area (Å²) in [6.45, 7) is 3.41. The SMILES string of the molecule is O=S(=O)(c1ccccc1)N1CCC2(CCN(c3ccccc3)CC2)CC1. The first-order chi connectivity index (χ1) is 12.6. The largest absolute Gasteiger partial charge is 0.371 e. The van der Waals surface area contributed by atoms with Crippen molar-refractivity contribution in [2.75, 3.05) is 31.1 Å². The van der Waals surface area contributed by atoms with Crippen LogP contribution in [0.25, 0.3) is 0 Å². The molecule has 0 atom stereocenters. The van der Waals surface area contributed by atoms with Crippen molar-refractivity contribution in [2.45, 2.75) is 30.6 Å². The van der Waals surface area contributed by atoms with Crippen LogP contribution in [0.3, 0.4) is 0 Å². The number of para-hydroxylation sites is 1. The standard InChI is InChI=1S/C21H26N2O2S/c24-26(25,20-9-5-2-6-10-20)23-17-13-21(14-18-23)11-15-22(16-12-21)19-7-3-1-4-8-19/h1-10H,11-18H2. The van der Waals surface area contributed by atoms with E-state index in [0.717, 1.165) is 38.8 Å². The van der Waals surface area contributed by atoms with E-state index in [-0.39, 0.29) is 0 Å². The van der Waals surface area contributed by atoms with Crippen molar-refractivity contribution in [3.63, 3.8) is 0 Å². The summed E-state index contributed by atoms with van der Waals surface area (Å²) in [5.41, 5.74) is 1.61. The lowest BCUT2D eigenvalue weighted by Gasteiger charge is -2.47. The molecule has 5 heteroatoms. The van der Waals surface area contributed by atoms with Crippen LogP contribution in [-0.2, 0) is 10.0 Å². The molecular formula is C21H26N2O2S. The maximum absolute atomic E-state index is 12.8. The van der Waals surface area contributed by atoms with Crippen LogP contribution in [-0.4, -0.2) is 38.9 Å². The summed E-state index contributed by atoms with van der Waals surface area (Å²) in [7, 11) is -3.35. The van der Waals surface area contributed by atoms with Crippen LogP contribution >= 0.6 is 0 Å². The van der Waals surface area contributed by atoms with Gasteiger partial charge < -0.3 is 4.90 Å². The highest BCUT2D eigenvalue weighted by Crippen LogP contribution is 2.43. The fourth-order valence-corrected chi connectivity index (χ4v) is 5.78. The number of piperidine rings is 2. The maximum Gasteiger partial charge on any atom is 0.243 e. The van der Waals surface area contributed by atoms with Crippen molar-refractivity contribution in [3.05, 3.63) is 60.7 Å². The summed E-state index contributed by atoms with van der Waals surface area (Å²) < 4.78 is 27.3. The Labute approximate surface area is 156 Å². The zero-order valence-corrected chi connectivity index (χ0v) is 15.9. The van der Waals surface area contributed by atoms with E-state index in [2.05, 4.69) is 35.2 Å². The number of sulfonamides is 1. The molecule has 0 amide bonds. The van der Waals surface area contributed by atoms with Gasteiger partial charge in [-0.1, -0.05) is 36.4 Å². The van der Waals surface area contributed by atoms with Crippen molar-refractivity contribution in [1.29, 1.82) is 0 Å². The molecule has 0 radical (unpaired) electrons. The number of benzene rings is 2. The number of hydrogen-bond donors (Lipinski definition) is 0. The van der Waals surface area contributed by atoms with Crippen LogP contribution in [0.1, 0.15) is 25.7 Å². The van der Waals surface area contributed by atoms with Crippen LogP contribution in [0.2, 0.25) is 0 Å². The Hall–Kier alpha value is -1.85. The molecule has 0 bridgehead atoms. The molecule has 2 aromatic carbocycles. The molecule has 2 aromatic rings. The van der Waals surface area contributed by atoms with Gasteiger partial charge >= 0.3 is 0 Å². The number of nitrogens with zero attached hydrogens (tertiary/aromatic N) is 2. The molecule has 2 aliphatic rings. The summed E-state index contributed by atoms with van der Waals surface area (Å²) in [6.07, 6.45) is 4.26. The lowest BCUT2D eigenvalue weighted by atomic mass is 9.71. The molecule has 0 N–H and O–H groups in total. The molecule has 0 aliphatic carbocycles. The summed E-state index contributed by atoms with van der Waals surface area (Å²) >= 11 is 0. The Bertz CT molecular complexity index is 819. The highest BCUT2D eigenvalue weighted by Gasteiger charge is 2.40. The van der Waals surface area contributed by atoms with Gasteiger partial charge in [0.1, 0.15) is 0 Å². The molecule has 2 fully saturated rings. The van der Waals surface area contributed by atoms with Gasteiger partial charge in [-0.15, -0.1) is 0 Å². The zero-order valence-electron chi connectivity index (χ0n) is 15.0. The molecule has 2 aliphatic heterocycles. The molecule has 0 aromatic heterocycles. The van der Waals surface area contributed by atoms with E-state index in [9.17, 15) is 8.42 Å². The van der Waals surface area contributed by atoms with Gasteiger partial charge in [0.2, 0.25) is 10.0 Å². The third-order valence-electron chi connectivity index (χ3n) is 6.11. The minimum Gasteiger partial charge on any atom is -0.371 e. The highest BCUT2D eigenvalue weighted by atomic mass is 32.2. The van der Waals surface area contributed by atoms with E-state index in [1.54, 1.807) is 28.6 Å². The fourth-order valence-electron chi connectivity index (χ4n) is 4.32. The molecule has 1 spiro atoms. The van der Waals surface area contributed by atoms with Gasteiger partial charge in [-0.2, -0.15) is 4.31 Å². The Kier molecular flexibility index (Phi) is 4.76. The number of anilines is 1. The Morgan fingerprint density at radius 3 is 1.77 bits per heavy atom. The first-order valence-electron chi connectivity index (χ1n) is 9.44. The van der Waals surface area contributed by atoms with Crippen molar-refractivity contribution >= 4 is 15.7 Å². The quantitative estimate of drug-likeness (QED) is 0.826. The van der Waals surface area contributed by atoms with Gasteiger partial charge in [0.15, 0.2) is 0 Å². The van der Waals surface area contributed by atoms with Gasteiger partial charge in [-0.3, -0.25) is 0 Å². The average molecular weight is 371 g/mol. The second-order valence-corrected chi connectivity index (χ2v) is 9.48. The second-order valence-electron chi connectivity index (χ2n) is 7.54. The van der Waals surface area contributed by atoms with Gasteiger partial charge in [0, 0.05) is 31.9 Å². The van der Waals surface area contributed by atoms with Gasteiger partial charge in [-0.05, 0) is 55.4 Å². The Morgan fingerprint density at radius 1 is 0.692 bits per heavy atom. The van der Waals surface area contributed by atoms with Crippen LogP contribution in [0.15, 0.2) is 65.6 Å². The van der Waals surface area contributed by atoms with Crippen LogP contribution in [0.5, 0.6) is 0 Å². The minimum absolute atomic E-state index is 0.313. The topological polar surface area (TPSA) is 40.6 Å². The molecule has 0 saturated carbocycles. The van der Waals surface area contributed by atoms with Crippen LogP contribution < -0.4 is 4.90 Å². The monoisotopic (exact) mass is 370 g/mol. The third-order valence-corrected chi connectivity index (χ3v) is 8.02. The molecule has 26 heavy (non-hydrogen) atoms. The summed E-state index contributed by atoms with van der Waals surface area (Å²) in [5, 5.41) is 0. The predicted molar refractivity (Wildman–Crippen MR) is 105 cm³/mol. The zero-order chi connectivity index (χ0) is 18.0. The minimum atomic E-state index is -3.35. The molecule has 2 saturated heterocycles. The molecule has 0 unspecified atom stereocenters. The molecule has 138 valence electrons. The third kappa shape index (κ3) is 3.38. The van der Waals surface area contributed by atoms with E-state index in [1.165, 1.54) is 5.69 Å². The fraction of sp³-hybridized carbons (Fsp3) is 0.429. The van der Waals surface area contributed by atoms with Gasteiger partial charge in [0.25, 0.3) is 0 Å². The van der Waals surface area contributed by atoms with Crippen molar-refractivity contribution in [2.24, 2.45) is 5.41 Å². The van der Waals surface area contributed by atoms with E-state index in [1.807, 2.05) is 6.07 Å². The predicted octanol–water partition coefficient (Wildman–Crippen LogP) is 3.76.